The number of halogens is 2. The largest absolute Gasteiger partial charge is 0.354 e. The molecule has 8 nitrogen and oxygen atoms in total. The highest BCUT2D eigenvalue weighted by Crippen LogP contribution is 2.33. The highest BCUT2D eigenvalue weighted by molar-refractivity contribution is 6.31. The van der Waals surface area contributed by atoms with E-state index < -0.39 is 5.82 Å². The van der Waals surface area contributed by atoms with Crippen molar-refractivity contribution in [2.24, 2.45) is 17.8 Å². The third kappa shape index (κ3) is 5.56. The van der Waals surface area contributed by atoms with Gasteiger partial charge in [0.2, 0.25) is 0 Å². The van der Waals surface area contributed by atoms with Gasteiger partial charge in [-0.2, -0.15) is 5.48 Å². The average Bonchev–Trinajstić information content (AvgIpc) is 3.23. The SMILES string of the molecule is O=C(NOC(=O)C1CCC1)C1CCC(CCN2CCN(c3noc4cc(F)c(Cl)cc34)CC2)CC1. The van der Waals surface area contributed by atoms with Crippen LogP contribution in [0.15, 0.2) is 16.7 Å². The molecule has 0 radical (unpaired) electrons. The molecule has 3 fully saturated rings. The van der Waals surface area contributed by atoms with Crippen molar-refractivity contribution in [3.8, 4) is 0 Å². The Morgan fingerprint density at radius 3 is 2.51 bits per heavy atom. The molecular weight excluding hydrogens is 475 g/mol. The molecule has 0 atom stereocenters. The number of nitrogens with zero attached hydrogens (tertiary/aromatic N) is 3. The number of benzene rings is 1. The van der Waals surface area contributed by atoms with E-state index in [0.29, 0.717) is 11.5 Å². The summed E-state index contributed by atoms with van der Waals surface area (Å²) < 4.78 is 19.0. The molecule has 3 aliphatic rings. The Hall–Kier alpha value is -2.39. The van der Waals surface area contributed by atoms with E-state index in [1.165, 1.54) is 6.07 Å². The van der Waals surface area contributed by atoms with E-state index in [1.807, 2.05) is 0 Å². The first-order valence-corrected chi connectivity index (χ1v) is 13.1. The third-order valence-electron chi connectivity index (χ3n) is 7.93. The Morgan fingerprint density at radius 2 is 1.83 bits per heavy atom. The van der Waals surface area contributed by atoms with Crippen LogP contribution in [0, 0.1) is 23.6 Å². The maximum absolute atomic E-state index is 13.7. The van der Waals surface area contributed by atoms with Crippen LogP contribution in [0.3, 0.4) is 0 Å². The summed E-state index contributed by atoms with van der Waals surface area (Å²) in [6, 6.07) is 2.87. The van der Waals surface area contributed by atoms with E-state index in [2.05, 4.69) is 20.4 Å². The number of hydrogen-bond acceptors (Lipinski definition) is 7. The molecule has 0 unspecified atom stereocenters. The summed E-state index contributed by atoms with van der Waals surface area (Å²) in [4.78, 5) is 33.8. The molecule has 1 saturated heterocycles. The summed E-state index contributed by atoms with van der Waals surface area (Å²) in [5.74, 6) is 0.273. The minimum absolute atomic E-state index is 0.0359. The normalized spacial score (nSPS) is 23.8. The fourth-order valence-corrected chi connectivity index (χ4v) is 5.49. The van der Waals surface area contributed by atoms with Crippen LogP contribution >= 0.6 is 11.6 Å². The summed E-state index contributed by atoms with van der Waals surface area (Å²) in [6.45, 7) is 4.53. The maximum Gasteiger partial charge on any atom is 0.335 e. The van der Waals surface area contributed by atoms with Crippen LogP contribution in [0.5, 0.6) is 0 Å². The smallest absolute Gasteiger partial charge is 0.335 e. The number of hydrogen-bond donors (Lipinski definition) is 1. The van der Waals surface area contributed by atoms with Crippen LogP contribution in [0.4, 0.5) is 10.2 Å². The topological polar surface area (TPSA) is 87.9 Å². The number of fused-ring (bicyclic) bond motifs is 1. The lowest BCUT2D eigenvalue weighted by Crippen LogP contribution is -2.47. The quantitative estimate of drug-likeness (QED) is 0.584. The molecule has 1 aliphatic heterocycles. The van der Waals surface area contributed by atoms with Crippen LogP contribution < -0.4 is 10.4 Å². The zero-order valence-corrected chi connectivity index (χ0v) is 20.6. The van der Waals surface area contributed by atoms with Gasteiger partial charge in [0.25, 0.3) is 5.91 Å². The Bertz CT molecular complexity index is 1060. The van der Waals surface area contributed by atoms with Crippen LogP contribution in [0.2, 0.25) is 5.02 Å². The van der Waals surface area contributed by atoms with E-state index in [4.69, 9.17) is 21.0 Å². The second-order valence-corrected chi connectivity index (χ2v) is 10.5. The highest BCUT2D eigenvalue weighted by Gasteiger charge is 2.30. The van der Waals surface area contributed by atoms with Gasteiger partial charge in [-0.1, -0.05) is 23.2 Å². The number of carbonyl (C=O) groups excluding carboxylic acids is 2. The van der Waals surface area contributed by atoms with E-state index in [0.717, 1.165) is 95.3 Å². The van der Waals surface area contributed by atoms with Gasteiger partial charge in [0.1, 0.15) is 5.82 Å². The fraction of sp³-hybridized carbons (Fsp3) is 0.640. The molecule has 10 heteroatoms. The Labute approximate surface area is 209 Å². The Morgan fingerprint density at radius 1 is 1.09 bits per heavy atom. The number of piperazine rings is 1. The molecule has 0 spiro atoms. The molecular formula is C25H32ClFN4O4. The lowest BCUT2D eigenvalue weighted by atomic mass is 9.80. The first kappa shape index (κ1) is 24.3. The van der Waals surface area contributed by atoms with Gasteiger partial charge in [-0.25, -0.2) is 9.18 Å². The highest BCUT2D eigenvalue weighted by atomic mass is 35.5. The molecule has 1 N–H and O–H groups in total. The molecule has 1 aromatic heterocycles. The van der Waals surface area contributed by atoms with Gasteiger partial charge in [0.05, 0.1) is 16.3 Å². The molecule has 1 aromatic carbocycles. The minimum atomic E-state index is -0.506. The summed E-state index contributed by atoms with van der Waals surface area (Å²) in [7, 11) is 0. The summed E-state index contributed by atoms with van der Waals surface area (Å²) in [5.41, 5.74) is 2.80. The molecule has 190 valence electrons. The number of amides is 1. The summed E-state index contributed by atoms with van der Waals surface area (Å²) in [6.07, 6.45) is 7.63. The second kappa shape index (κ2) is 10.7. The second-order valence-electron chi connectivity index (χ2n) is 10.1. The fourth-order valence-electron chi connectivity index (χ4n) is 5.32. The number of rotatable bonds is 6. The molecule has 2 aliphatic carbocycles. The van der Waals surface area contributed by atoms with E-state index in [9.17, 15) is 14.0 Å². The van der Waals surface area contributed by atoms with Crippen LogP contribution in [-0.4, -0.2) is 54.7 Å². The van der Waals surface area contributed by atoms with Crippen molar-refractivity contribution in [1.29, 1.82) is 0 Å². The lowest BCUT2D eigenvalue weighted by Gasteiger charge is -2.36. The van der Waals surface area contributed by atoms with Gasteiger partial charge in [0, 0.05) is 38.2 Å². The van der Waals surface area contributed by atoms with E-state index >= 15 is 0 Å². The first-order chi connectivity index (χ1) is 17.0. The van der Waals surface area contributed by atoms with Crippen molar-refractivity contribution in [2.75, 3.05) is 37.6 Å². The summed E-state index contributed by atoms with van der Waals surface area (Å²) >= 11 is 5.95. The van der Waals surface area contributed by atoms with Crippen molar-refractivity contribution >= 4 is 40.3 Å². The Balaban J connectivity index is 1.01. The molecule has 5 rings (SSSR count). The standard InChI is InChI=1S/C25H32ClFN4O4/c26-20-14-19-22(15-21(20)27)34-28-23(19)31-12-10-30(11-13-31)9-8-16-4-6-17(7-5-16)24(32)29-35-25(33)18-2-1-3-18/h14-18H,1-13H2,(H,29,32). The van der Waals surface area contributed by atoms with E-state index in [1.54, 1.807) is 6.07 Å². The van der Waals surface area contributed by atoms with Crippen molar-refractivity contribution < 1.29 is 23.3 Å². The molecule has 0 bridgehead atoms. The van der Waals surface area contributed by atoms with Gasteiger partial charge >= 0.3 is 5.97 Å². The number of nitrogens with one attached hydrogen (secondary N) is 1. The van der Waals surface area contributed by atoms with Crippen LogP contribution in [0.25, 0.3) is 11.0 Å². The van der Waals surface area contributed by atoms with Gasteiger partial charge < -0.3 is 14.3 Å². The molecule has 35 heavy (non-hydrogen) atoms. The number of anilines is 1. The molecule has 2 saturated carbocycles. The van der Waals surface area contributed by atoms with Crippen molar-refractivity contribution in [3.63, 3.8) is 0 Å². The number of carbonyl (C=O) groups is 2. The predicted octanol–water partition coefficient (Wildman–Crippen LogP) is 4.31. The van der Waals surface area contributed by atoms with Gasteiger partial charge in [-0.15, -0.1) is 0 Å². The zero-order valence-electron chi connectivity index (χ0n) is 19.8. The lowest BCUT2D eigenvalue weighted by molar-refractivity contribution is -0.166. The first-order valence-electron chi connectivity index (χ1n) is 12.7. The minimum Gasteiger partial charge on any atom is -0.354 e. The zero-order chi connectivity index (χ0) is 24.4. The predicted molar refractivity (Wildman–Crippen MR) is 129 cm³/mol. The molecule has 2 heterocycles. The molecule has 1 amide bonds. The average molecular weight is 507 g/mol. The summed E-state index contributed by atoms with van der Waals surface area (Å²) in [5, 5.41) is 4.96. The van der Waals surface area contributed by atoms with Crippen molar-refractivity contribution in [2.45, 2.75) is 51.4 Å². The number of aromatic nitrogens is 1. The van der Waals surface area contributed by atoms with Crippen molar-refractivity contribution in [1.82, 2.24) is 15.5 Å². The van der Waals surface area contributed by atoms with Crippen LogP contribution in [-0.2, 0) is 14.4 Å². The van der Waals surface area contributed by atoms with Gasteiger partial charge in [0.15, 0.2) is 11.4 Å². The van der Waals surface area contributed by atoms with E-state index in [-0.39, 0.29) is 28.7 Å². The third-order valence-corrected chi connectivity index (χ3v) is 8.22. The van der Waals surface area contributed by atoms with Crippen molar-refractivity contribution in [3.05, 3.63) is 23.0 Å². The Kier molecular flexibility index (Phi) is 7.43. The number of hydroxylamine groups is 1. The maximum atomic E-state index is 13.7. The molecule has 2 aromatic rings. The van der Waals surface area contributed by atoms with Gasteiger partial charge in [-0.3, -0.25) is 9.69 Å². The monoisotopic (exact) mass is 506 g/mol. The van der Waals surface area contributed by atoms with Crippen LogP contribution in [0.1, 0.15) is 51.4 Å². The van der Waals surface area contributed by atoms with Gasteiger partial charge in [-0.05, 0) is 63.5 Å².